The summed E-state index contributed by atoms with van der Waals surface area (Å²) in [6.45, 7) is 1.73. The average molecular weight is 199 g/mol. The first-order valence-electron chi connectivity index (χ1n) is 3.95. The summed E-state index contributed by atoms with van der Waals surface area (Å²) in [5.41, 5.74) is 0. The molecule has 76 valence electrons. The number of hydrogen-bond acceptors (Lipinski definition) is 5. The van der Waals surface area contributed by atoms with Gasteiger partial charge >= 0.3 is 11.8 Å². The summed E-state index contributed by atoms with van der Waals surface area (Å²) in [6.07, 6.45) is 2.30. The number of aromatic nitrogens is 2. The number of carbonyl (C=O) groups is 1. The van der Waals surface area contributed by atoms with E-state index >= 15 is 0 Å². The van der Waals surface area contributed by atoms with Crippen molar-refractivity contribution in [3.05, 3.63) is 22.6 Å². The van der Waals surface area contributed by atoms with Crippen molar-refractivity contribution in [3.8, 4) is 0 Å². The molecule has 1 heterocycles. The SMILES string of the molecule is CCOC(=O)Cn1cncc1[N+](=O)[O-]. The lowest BCUT2D eigenvalue weighted by Crippen LogP contribution is -2.14. The third-order valence-electron chi connectivity index (χ3n) is 1.48. The number of carbonyl (C=O) groups excluding carboxylic acids is 1. The number of hydrogen-bond donors (Lipinski definition) is 0. The van der Waals surface area contributed by atoms with Gasteiger partial charge in [-0.1, -0.05) is 0 Å². The topological polar surface area (TPSA) is 87.3 Å². The maximum Gasteiger partial charge on any atom is 0.348 e. The van der Waals surface area contributed by atoms with Gasteiger partial charge in [-0.15, -0.1) is 0 Å². The Labute approximate surface area is 79.5 Å². The first-order chi connectivity index (χ1) is 6.65. The minimum atomic E-state index is -0.605. The second-order valence-corrected chi connectivity index (χ2v) is 2.44. The Bertz CT molecular complexity index is 346. The zero-order valence-corrected chi connectivity index (χ0v) is 7.54. The number of ether oxygens (including phenoxy) is 1. The molecule has 1 aromatic rings. The predicted molar refractivity (Wildman–Crippen MR) is 45.5 cm³/mol. The second-order valence-electron chi connectivity index (χ2n) is 2.44. The standard InChI is InChI=1S/C7H9N3O4/c1-2-14-7(11)4-9-5-8-3-6(9)10(12)13/h3,5H,2,4H2,1H3. The minimum Gasteiger partial charge on any atom is -0.463 e. The van der Waals surface area contributed by atoms with Crippen LogP contribution in [0, 0.1) is 10.1 Å². The third kappa shape index (κ3) is 2.28. The predicted octanol–water partition coefficient (Wildman–Crippen LogP) is 0.354. The zero-order chi connectivity index (χ0) is 10.6. The van der Waals surface area contributed by atoms with E-state index in [1.807, 2.05) is 0 Å². The number of rotatable bonds is 4. The van der Waals surface area contributed by atoms with Gasteiger partial charge in [0.1, 0.15) is 6.20 Å². The van der Waals surface area contributed by atoms with Crippen LogP contribution in [0.4, 0.5) is 5.82 Å². The van der Waals surface area contributed by atoms with Gasteiger partial charge in [0.05, 0.1) is 6.61 Å². The molecule has 0 saturated carbocycles. The largest absolute Gasteiger partial charge is 0.463 e. The lowest BCUT2D eigenvalue weighted by molar-refractivity contribution is -0.392. The van der Waals surface area contributed by atoms with Crippen LogP contribution in [0.2, 0.25) is 0 Å². The van der Waals surface area contributed by atoms with E-state index in [1.54, 1.807) is 6.92 Å². The molecule has 0 bridgehead atoms. The highest BCUT2D eigenvalue weighted by Gasteiger charge is 2.16. The monoisotopic (exact) mass is 199 g/mol. The van der Waals surface area contributed by atoms with E-state index in [-0.39, 0.29) is 19.0 Å². The van der Waals surface area contributed by atoms with Gasteiger partial charge in [0.2, 0.25) is 0 Å². The van der Waals surface area contributed by atoms with Crippen LogP contribution in [0.25, 0.3) is 0 Å². The number of imidazole rings is 1. The molecule has 7 nitrogen and oxygen atoms in total. The molecule has 14 heavy (non-hydrogen) atoms. The van der Waals surface area contributed by atoms with Crippen LogP contribution < -0.4 is 0 Å². The zero-order valence-electron chi connectivity index (χ0n) is 7.54. The van der Waals surface area contributed by atoms with Gasteiger partial charge in [0.15, 0.2) is 12.9 Å². The number of nitrogens with zero attached hydrogens (tertiary/aromatic N) is 3. The van der Waals surface area contributed by atoms with E-state index in [4.69, 9.17) is 0 Å². The van der Waals surface area contributed by atoms with Crippen LogP contribution >= 0.6 is 0 Å². The second kappa shape index (κ2) is 4.35. The molecule has 0 aromatic carbocycles. The maximum absolute atomic E-state index is 11.0. The fourth-order valence-corrected chi connectivity index (χ4v) is 0.933. The molecule has 0 atom stereocenters. The molecular weight excluding hydrogens is 190 g/mol. The molecule has 0 spiro atoms. The van der Waals surface area contributed by atoms with Crippen LogP contribution in [-0.4, -0.2) is 27.1 Å². The van der Waals surface area contributed by atoms with Gasteiger partial charge in [-0.25, -0.2) is 14.3 Å². The molecule has 0 amide bonds. The van der Waals surface area contributed by atoms with E-state index < -0.39 is 10.9 Å². The van der Waals surface area contributed by atoms with E-state index in [0.29, 0.717) is 0 Å². The average Bonchev–Trinajstić information content (AvgIpc) is 2.52. The van der Waals surface area contributed by atoms with Crippen molar-refractivity contribution in [1.29, 1.82) is 0 Å². The Morgan fingerprint density at radius 3 is 3.07 bits per heavy atom. The third-order valence-corrected chi connectivity index (χ3v) is 1.48. The normalized spacial score (nSPS) is 9.79. The summed E-state index contributed by atoms with van der Waals surface area (Å²) in [7, 11) is 0. The van der Waals surface area contributed by atoms with E-state index in [1.165, 1.54) is 6.33 Å². The van der Waals surface area contributed by atoms with Crippen LogP contribution in [0.15, 0.2) is 12.5 Å². The molecule has 1 rings (SSSR count). The molecule has 0 fully saturated rings. The molecule has 0 saturated heterocycles. The summed E-state index contributed by atoms with van der Waals surface area (Å²) >= 11 is 0. The quantitative estimate of drug-likeness (QED) is 0.396. The smallest absolute Gasteiger partial charge is 0.348 e. The summed E-state index contributed by atoms with van der Waals surface area (Å²) in [5.74, 6) is -0.744. The molecule has 7 heteroatoms. The Morgan fingerprint density at radius 1 is 1.79 bits per heavy atom. The van der Waals surface area contributed by atoms with Crippen LogP contribution in [-0.2, 0) is 16.1 Å². The lowest BCUT2D eigenvalue weighted by atomic mass is 10.6. The molecule has 0 N–H and O–H groups in total. The highest BCUT2D eigenvalue weighted by Crippen LogP contribution is 2.08. The summed E-state index contributed by atoms with van der Waals surface area (Å²) in [4.78, 5) is 24.4. The number of nitro groups is 1. The molecular formula is C7H9N3O4. The lowest BCUT2D eigenvalue weighted by Gasteiger charge is -2.00. The molecule has 0 unspecified atom stereocenters. The molecule has 0 aliphatic heterocycles. The van der Waals surface area contributed by atoms with Gasteiger partial charge in [-0.05, 0) is 11.8 Å². The van der Waals surface area contributed by atoms with Crippen molar-refractivity contribution in [3.63, 3.8) is 0 Å². The van der Waals surface area contributed by atoms with Crippen molar-refractivity contribution in [1.82, 2.24) is 9.55 Å². The molecule has 1 aromatic heterocycles. The molecule has 0 aliphatic carbocycles. The van der Waals surface area contributed by atoms with Crippen molar-refractivity contribution < 1.29 is 14.5 Å². The van der Waals surface area contributed by atoms with E-state index in [0.717, 1.165) is 10.8 Å². The fourth-order valence-electron chi connectivity index (χ4n) is 0.933. The number of esters is 1. The van der Waals surface area contributed by atoms with Crippen molar-refractivity contribution >= 4 is 11.8 Å². The van der Waals surface area contributed by atoms with Gasteiger partial charge in [0, 0.05) is 0 Å². The Morgan fingerprint density at radius 2 is 2.50 bits per heavy atom. The Hall–Kier alpha value is -1.92. The molecule has 0 aliphatic rings. The van der Waals surface area contributed by atoms with Crippen LogP contribution in [0.3, 0.4) is 0 Å². The minimum absolute atomic E-state index is 0.190. The van der Waals surface area contributed by atoms with Crippen molar-refractivity contribution in [2.75, 3.05) is 6.61 Å². The summed E-state index contributed by atoms with van der Waals surface area (Å²) in [6, 6.07) is 0. The van der Waals surface area contributed by atoms with Gasteiger partial charge in [0.25, 0.3) is 0 Å². The van der Waals surface area contributed by atoms with E-state index in [9.17, 15) is 14.9 Å². The first-order valence-corrected chi connectivity index (χ1v) is 3.95. The van der Waals surface area contributed by atoms with Crippen molar-refractivity contribution in [2.45, 2.75) is 13.5 Å². The fraction of sp³-hybridized carbons (Fsp3) is 0.429. The van der Waals surface area contributed by atoms with Crippen molar-refractivity contribution in [2.24, 2.45) is 0 Å². The van der Waals surface area contributed by atoms with Crippen LogP contribution in [0.1, 0.15) is 6.92 Å². The van der Waals surface area contributed by atoms with Gasteiger partial charge in [-0.3, -0.25) is 0 Å². The summed E-state index contributed by atoms with van der Waals surface area (Å²) < 4.78 is 5.76. The van der Waals surface area contributed by atoms with Gasteiger partial charge < -0.3 is 14.9 Å². The molecule has 0 radical (unpaired) electrons. The highest BCUT2D eigenvalue weighted by atomic mass is 16.6. The Kier molecular flexibility index (Phi) is 3.16. The maximum atomic E-state index is 11.0. The van der Waals surface area contributed by atoms with Gasteiger partial charge in [-0.2, -0.15) is 0 Å². The van der Waals surface area contributed by atoms with Crippen LogP contribution in [0.5, 0.6) is 0 Å². The highest BCUT2D eigenvalue weighted by molar-refractivity contribution is 5.69. The van der Waals surface area contributed by atoms with E-state index in [2.05, 4.69) is 9.72 Å². The summed E-state index contributed by atoms with van der Waals surface area (Å²) in [5, 5.41) is 10.4. The first kappa shape index (κ1) is 10.2. The Balaban J connectivity index is 2.71.